The van der Waals surface area contributed by atoms with Gasteiger partial charge in [0.15, 0.2) is 5.65 Å². The molecule has 0 saturated heterocycles. The van der Waals surface area contributed by atoms with Crippen molar-refractivity contribution in [1.29, 1.82) is 0 Å². The topological polar surface area (TPSA) is 95.4 Å². The summed E-state index contributed by atoms with van der Waals surface area (Å²) in [5.41, 5.74) is 7.66. The fraction of sp³-hybridized carbons (Fsp3) is 0.100. The lowest BCUT2D eigenvalue weighted by molar-refractivity contribution is 0.809. The van der Waals surface area contributed by atoms with Crippen LogP contribution in [0.4, 0.5) is 5.82 Å². The van der Waals surface area contributed by atoms with E-state index in [0.717, 1.165) is 5.39 Å². The highest BCUT2D eigenvalue weighted by atomic mass is 15.3. The second kappa shape index (κ2) is 3.48. The highest BCUT2D eigenvalue weighted by molar-refractivity contribution is 5.92. The van der Waals surface area contributed by atoms with E-state index in [4.69, 9.17) is 5.73 Å². The van der Waals surface area contributed by atoms with Crippen LogP contribution < -0.4 is 5.73 Å². The minimum absolute atomic E-state index is 0.478. The summed E-state index contributed by atoms with van der Waals surface area (Å²) < 4.78 is 1.78. The molecule has 7 nitrogen and oxygen atoms in total. The van der Waals surface area contributed by atoms with Crippen molar-refractivity contribution < 1.29 is 0 Å². The molecule has 0 aliphatic carbocycles. The monoisotopic (exact) mass is 227 g/mol. The van der Waals surface area contributed by atoms with Gasteiger partial charge in [-0.25, -0.2) is 9.97 Å². The van der Waals surface area contributed by atoms with E-state index in [1.165, 1.54) is 0 Å². The highest BCUT2D eigenvalue weighted by Crippen LogP contribution is 2.20. The largest absolute Gasteiger partial charge is 0.384 e. The lowest BCUT2D eigenvalue weighted by atomic mass is 10.3. The van der Waals surface area contributed by atoms with Gasteiger partial charge < -0.3 is 10.3 Å². The first kappa shape index (κ1) is 9.64. The predicted molar refractivity (Wildman–Crippen MR) is 63.0 cm³/mol. The average molecular weight is 227 g/mol. The number of hydrogen-bond acceptors (Lipinski definition) is 6. The van der Waals surface area contributed by atoms with Gasteiger partial charge in [-0.3, -0.25) is 0 Å². The average Bonchev–Trinajstić information content (AvgIpc) is 2.78. The maximum Gasteiger partial charge on any atom is 0.206 e. The molecule has 3 heterocycles. The van der Waals surface area contributed by atoms with Crippen LogP contribution in [0.5, 0.6) is 0 Å². The normalized spacial score (nSPS) is 11.1. The van der Waals surface area contributed by atoms with Crippen LogP contribution in [0.2, 0.25) is 0 Å². The Balaban J connectivity index is 2.36. The van der Waals surface area contributed by atoms with Gasteiger partial charge in [-0.2, -0.15) is 0 Å². The summed E-state index contributed by atoms with van der Waals surface area (Å²) in [6.45, 7) is 4.26. The van der Waals surface area contributed by atoms with Crippen LogP contribution in [0, 0.1) is 0 Å². The Kier molecular flexibility index (Phi) is 1.97. The molecule has 0 spiro atoms. The van der Waals surface area contributed by atoms with Gasteiger partial charge in [0.25, 0.3) is 0 Å². The van der Waals surface area contributed by atoms with Crippen LogP contribution in [-0.4, -0.2) is 29.9 Å². The Bertz CT molecular complexity index is 715. The van der Waals surface area contributed by atoms with Crippen molar-refractivity contribution in [2.24, 2.45) is 0 Å². The second-order valence-electron chi connectivity index (χ2n) is 3.56. The Labute approximate surface area is 96.0 Å². The summed E-state index contributed by atoms with van der Waals surface area (Å²) in [7, 11) is 0. The summed E-state index contributed by atoms with van der Waals surface area (Å²) in [5, 5.41) is 11.9. The smallest absolute Gasteiger partial charge is 0.206 e. The first-order valence-electron chi connectivity index (χ1n) is 5.01. The summed E-state index contributed by atoms with van der Waals surface area (Å²) in [6, 6.07) is 1.79. The minimum Gasteiger partial charge on any atom is -0.384 e. The Morgan fingerprint density at radius 1 is 1.35 bits per heavy atom. The van der Waals surface area contributed by atoms with Gasteiger partial charge in [0.1, 0.15) is 11.3 Å². The SMILES string of the molecule is C=CCn1cnc2nc3nnnc3cc2c1N. The van der Waals surface area contributed by atoms with Crippen molar-refractivity contribution in [3.63, 3.8) is 0 Å². The molecule has 3 aromatic heterocycles. The number of hydrogen-bond donors (Lipinski definition) is 1. The Morgan fingerprint density at radius 3 is 3.06 bits per heavy atom. The van der Waals surface area contributed by atoms with E-state index in [2.05, 4.69) is 32.0 Å². The molecule has 0 radical (unpaired) electrons. The van der Waals surface area contributed by atoms with Gasteiger partial charge in [0.2, 0.25) is 5.65 Å². The molecule has 3 aromatic rings. The minimum atomic E-state index is 0.478. The quantitative estimate of drug-likeness (QED) is 0.642. The van der Waals surface area contributed by atoms with Crippen LogP contribution in [0.3, 0.4) is 0 Å². The first-order chi connectivity index (χ1) is 8.29. The molecule has 0 aliphatic heterocycles. The third kappa shape index (κ3) is 1.40. The zero-order chi connectivity index (χ0) is 11.8. The van der Waals surface area contributed by atoms with E-state index in [1.807, 2.05) is 0 Å². The van der Waals surface area contributed by atoms with Gasteiger partial charge in [0.05, 0.1) is 11.7 Å². The predicted octanol–water partition coefficient (Wildman–Crippen LogP) is 0.538. The van der Waals surface area contributed by atoms with Gasteiger partial charge in [0, 0.05) is 6.54 Å². The number of pyridine rings is 1. The molecule has 0 aliphatic rings. The van der Waals surface area contributed by atoms with Gasteiger partial charge >= 0.3 is 0 Å². The van der Waals surface area contributed by atoms with Crippen molar-refractivity contribution in [2.45, 2.75) is 6.54 Å². The van der Waals surface area contributed by atoms with Crippen LogP contribution in [-0.2, 0) is 6.54 Å². The third-order valence-electron chi connectivity index (χ3n) is 2.49. The number of nitrogen functional groups attached to an aromatic ring is 1. The maximum atomic E-state index is 6.03. The fourth-order valence-electron chi connectivity index (χ4n) is 1.66. The zero-order valence-corrected chi connectivity index (χ0v) is 8.91. The van der Waals surface area contributed by atoms with Crippen molar-refractivity contribution in [3.05, 3.63) is 25.0 Å². The summed E-state index contributed by atoms with van der Waals surface area (Å²) >= 11 is 0. The molecule has 84 valence electrons. The number of allylic oxidation sites excluding steroid dienone is 1. The van der Waals surface area contributed by atoms with Crippen molar-refractivity contribution in [1.82, 2.24) is 29.9 Å². The summed E-state index contributed by atoms with van der Waals surface area (Å²) in [4.78, 5) is 8.45. The highest BCUT2D eigenvalue weighted by Gasteiger charge is 2.08. The number of aromatic nitrogens is 6. The summed E-state index contributed by atoms with van der Waals surface area (Å²) in [6.07, 6.45) is 3.38. The number of rotatable bonds is 2. The number of anilines is 1. The molecule has 0 unspecified atom stereocenters. The van der Waals surface area contributed by atoms with Crippen molar-refractivity contribution >= 4 is 28.0 Å². The maximum absolute atomic E-state index is 6.03. The molecule has 2 N–H and O–H groups in total. The molecule has 17 heavy (non-hydrogen) atoms. The van der Waals surface area contributed by atoms with Crippen LogP contribution in [0.25, 0.3) is 22.2 Å². The lowest BCUT2D eigenvalue weighted by Crippen LogP contribution is -2.06. The fourth-order valence-corrected chi connectivity index (χ4v) is 1.66. The molecule has 0 saturated carbocycles. The standard InChI is InChI=1S/C10H9N7/c1-2-3-17-5-12-9-6(8(17)11)4-7-10(13-9)15-16-14-7/h2,4-5H,1,3,11H2. The van der Waals surface area contributed by atoms with Crippen molar-refractivity contribution in [3.8, 4) is 0 Å². The molecule has 7 heteroatoms. The zero-order valence-electron chi connectivity index (χ0n) is 8.91. The lowest BCUT2D eigenvalue weighted by Gasteiger charge is -2.09. The molecular formula is C10H9N7. The van der Waals surface area contributed by atoms with Gasteiger partial charge in [-0.1, -0.05) is 6.08 Å². The van der Waals surface area contributed by atoms with Gasteiger partial charge in [-0.15, -0.1) is 16.8 Å². The van der Waals surface area contributed by atoms with E-state index >= 15 is 0 Å². The van der Waals surface area contributed by atoms with Crippen LogP contribution >= 0.6 is 0 Å². The van der Waals surface area contributed by atoms with E-state index in [-0.39, 0.29) is 0 Å². The Morgan fingerprint density at radius 2 is 2.24 bits per heavy atom. The first-order valence-corrected chi connectivity index (χ1v) is 5.01. The molecule has 0 fully saturated rings. The van der Waals surface area contributed by atoms with Crippen LogP contribution in [0.1, 0.15) is 0 Å². The number of fused-ring (bicyclic) bond motifs is 2. The number of nitrogens with two attached hydrogens (primary N) is 1. The Hall–Kier alpha value is -2.57. The van der Waals surface area contributed by atoms with E-state index in [9.17, 15) is 0 Å². The van der Waals surface area contributed by atoms with E-state index in [0.29, 0.717) is 29.2 Å². The molecule has 0 atom stereocenters. The van der Waals surface area contributed by atoms with E-state index in [1.54, 1.807) is 23.0 Å². The molecule has 3 rings (SSSR count). The molecule has 0 bridgehead atoms. The summed E-state index contributed by atoms with van der Waals surface area (Å²) in [5.74, 6) is 0.576. The van der Waals surface area contributed by atoms with Crippen molar-refractivity contribution in [2.75, 3.05) is 5.73 Å². The van der Waals surface area contributed by atoms with Crippen LogP contribution in [0.15, 0.2) is 25.0 Å². The van der Waals surface area contributed by atoms with E-state index < -0.39 is 0 Å². The molecule has 0 amide bonds. The molecular weight excluding hydrogens is 218 g/mol. The third-order valence-corrected chi connectivity index (χ3v) is 2.49. The molecule has 0 aromatic carbocycles. The van der Waals surface area contributed by atoms with Gasteiger partial charge in [-0.05, 0) is 11.3 Å². The second-order valence-corrected chi connectivity index (χ2v) is 3.56. The number of nitrogens with zero attached hydrogens (tertiary/aromatic N) is 6.